The molecule has 0 saturated heterocycles. The van der Waals surface area contributed by atoms with Gasteiger partial charge in [-0.05, 0) is 64.7 Å². The van der Waals surface area contributed by atoms with Crippen molar-refractivity contribution in [2.75, 3.05) is 0 Å². The highest BCUT2D eigenvalue weighted by Gasteiger charge is 2.29. The fourth-order valence-corrected chi connectivity index (χ4v) is 3.42. The Bertz CT molecular complexity index is 378. The van der Waals surface area contributed by atoms with Crippen molar-refractivity contribution in [2.45, 2.75) is 103 Å². The van der Waals surface area contributed by atoms with Crippen LogP contribution >= 0.6 is 0 Å². The molecule has 0 aromatic carbocycles. The van der Waals surface area contributed by atoms with E-state index in [9.17, 15) is 15.0 Å². The van der Waals surface area contributed by atoms with E-state index in [0.717, 1.165) is 32.1 Å². The number of carbonyl (C=O) groups excluding carboxylic acids is 1. The molecule has 0 aromatic rings. The van der Waals surface area contributed by atoms with Crippen molar-refractivity contribution in [1.29, 1.82) is 0 Å². The maximum absolute atomic E-state index is 12.0. The molecular formula is C19H37NO4. The van der Waals surface area contributed by atoms with Crippen LogP contribution in [0.1, 0.15) is 79.6 Å². The van der Waals surface area contributed by atoms with E-state index in [-0.39, 0.29) is 12.1 Å². The number of nitrogens with one attached hydrogen (secondary N) is 1. The van der Waals surface area contributed by atoms with Gasteiger partial charge in [0.1, 0.15) is 5.60 Å². The van der Waals surface area contributed by atoms with Crippen molar-refractivity contribution in [1.82, 2.24) is 5.32 Å². The summed E-state index contributed by atoms with van der Waals surface area (Å²) in [5.41, 5.74) is -0.495. The first-order valence-electron chi connectivity index (χ1n) is 9.44. The highest BCUT2D eigenvalue weighted by Crippen LogP contribution is 2.29. The normalized spacial score (nSPS) is 24.5. The van der Waals surface area contributed by atoms with E-state index in [0.29, 0.717) is 24.7 Å². The Morgan fingerprint density at radius 2 is 1.79 bits per heavy atom. The van der Waals surface area contributed by atoms with Crippen LogP contribution in [0.15, 0.2) is 0 Å². The van der Waals surface area contributed by atoms with Gasteiger partial charge in [-0.2, -0.15) is 0 Å². The van der Waals surface area contributed by atoms with Crippen LogP contribution < -0.4 is 5.32 Å². The summed E-state index contributed by atoms with van der Waals surface area (Å²) in [6, 6.07) is 0.100. The highest BCUT2D eigenvalue weighted by molar-refractivity contribution is 5.68. The smallest absolute Gasteiger partial charge is 0.407 e. The van der Waals surface area contributed by atoms with E-state index in [2.05, 4.69) is 5.32 Å². The van der Waals surface area contributed by atoms with E-state index in [1.165, 1.54) is 0 Å². The van der Waals surface area contributed by atoms with Crippen LogP contribution in [0.4, 0.5) is 4.79 Å². The summed E-state index contributed by atoms with van der Waals surface area (Å²) in [4.78, 5) is 12.0. The lowest BCUT2D eigenvalue weighted by molar-refractivity contribution is -0.00226. The van der Waals surface area contributed by atoms with Gasteiger partial charge < -0.3 is 20.3 Å². The first-order valence-corrected chi connectivity index (χ1v) is 9.44. The molecule has 0 aromatic heterocycles. The fourth-order valence-electron chi connectivity index (χ4n) is 3.42. The molecule has 0 radical (unpaired) electrons. The van der Waals surface area contributed by atoms with E-state index >= 15 is 0 Å². The number of aliphatic hydroxyl groups is 2. The van der Waals surface area contributed by atoms with Gasteiger partial charge in [-0.1, -0.05) is 26.7 Å². The Morgan fingerprint density at radius 3 is 2.38 bits per heavy atom. The molecule has 1 fully saturated rings. The lowest BCUT2D eigenvalue weighted by Crippen LogP contribution is -2.44. The van der Waals surface area contributed by atoms with Gasteiger partial charge in [0.2, 0.25) is 0 Å². The second-order valence-electron chi connectivity index (χ2n) is 8.64. The van der Waals surface area contributed by atoms with Crippen molar-refractivity contribution >= 4 is 6.09 Å². The molecule has 5 nitrogen and oxygen atoms in total. The van der Waals surface area contributed by atoms with E-state index in [4.69, 9.17) is 4.74 Å². The van der Waals surface area contributed by atoms with Gasteiger partial charge in [0, 0.05) is 6.04 Å². The molecule has 1 rings (SSSR count). The molecule has 0 aliphatic heterocycles. The summed E-state index contributed by atoms with van der Waals surface area (Å²) in [6.45, 7) is 9.65. The summed E-state index contributed by atoms with van der Waals surface area (Å²) >= 11 is 0. The van der Waals surface area contributed by atoms with Crippen LogP contribution in [0.25, 0.3) is 0 Å². The van der Waals surface area contributed by atoms with Crippen LogP contribution in [0.5, 0.6) is 0 Å². The second-order valence-corrected chi connectivity index (χ2v) is 8.64. The third-order valence-corrected chi connectivity index (χ3v) is 4.60. The van der Waals surface area contributed by atoms with Crippen molar-refractivity contribution in [3.05, 3.63) is 0 Å². The molecular weight excluding hydrogens is 306 g/mol. The second kappa shape index (κ2) is 9.62. The van der Waals surface area contributed by atoms with Crippen molar-refractivity contribution in [3.8, 4) is 0 Å². The molecule has 1 saturated carbocycles. The highest BCUT2D eigenvalue weighted by atomic mass is 16.6. The topological polar surface area (TPSA) is 78.8 Å². The Hall–Kier alpha value is -0.810. The molecule has 0 bridgehead atoms. The minimum atomic E-state index is -0.684. The average molecular weight is 344 g/mol. The number of hydrogen-bond donors (Lipinski definition) is 3. The van der Waals surface area contributed by atoms with Gasteiger partial charge in [0.15, 0.2) is 0 Å². The fraction of sp³-hybridized carbons (Fsp3) is 0.947. The number of ether oxygens (including phenoxy) is 1. The number of hydrogen-bond acceptors (Lipinski definition) is 4. The first-order chi connectivity index (χ1) is 11.1. The Balaban J connectivity index is 2.47. The molecule has 142 valence electrons. The number of aliphatic hydroxyl groups excluding tert-OH is 2. The molecule has 1 amide bonds. The molecule has 0 spiro atoms. The lowest BCUT2D eigenvalue weighted by Gasteiger charge is -2.33. The average Bonchev–Trinajstić information content (AvgIpc) is 2.43. The van der Waals surface area contributed by atoms with Crippen LogP contribution in [0, 0.1) is 11.8 Å². The predicted molar refractivity (Wildman–Crippen MR) is 95.8 cm³/mol. The number of carbonyl (C=O) groups is 1. The summed E-state index contributed by atoms with van der Waals surface area (Å²) in [5, 5.41) is 23.2. The van der Waals surface area contributed by atoms with Crippen molar-refractivity contribution < 1.29 is 19.7 Å². The van der Waals surface area contributed by atoms with Crippen LogP contribution in [0.3, 0.4) is 0 Å². The Morgan fingerprint density at radius 1 is 1.17 bits per heavy atom. The van der Waals surface area contributed by atoms with Gasteiger partial charge in [-0.15, -0.1) is 0 Å². The molecule has 4 atom stereocenters. The summed E-state index contributed by atoms with van der Waals surface area (Å²) < 4.78 is 5.36. The molecule has 4 unspecified atom stereocenters. The zero-order valence-corrected chi connectivity index (χ0v) is 16.0. The van der Waals surface area contributed by atoms with E-state index in [1.54, 1.807) is 0 Å². The zero-order valence-electron chi connectivity index (χ0n) is 16.0. The molecule has 5 heteroatoms. The van der Waals surface area contributed by atoms with Crippen LogP contribution in [0.2, 0.25) is 0 Å². The summed E-state index contributed by atoms with van der Waals surface area (Å²) in [5.74, 6) is 0.707. The van der Waals surface area contributed by atoms with E-state index < -0.39 is 17.8 Å². The molecule has 3 N–H and O–H groups in total. The van der Waals surface area contributed by atoms with Crippen molar-refractivity contribution in [3.63, 3.8) is 0 Å². The minimum Gasteiger partial charge on any atom is -0.444 e. The van der Waals surface area contributed by atoms with Crippen LogP contribution in [-0.2, 0) is 4.74 Å². The lowest BCUT2D eigenvalue weighted by atomic mass is 9.80. The molecule has 0 heterocycles. The third-order valence-electron chi connectivity index (χ3n) is 4.60. The van der Waals surface area contributed by atoms with Crippen molar-refractivity contribution in [2.24, 2.45) is 11.8 Å². The zero-order chi connectivity index (χ0) is 18.3. The molecule has 1 aliphatic carbocycles. The first kappa shape index (κ1) is 21.2. The number of amides is 1. The van der Waals surface area contributed by atoms with Gasteiger partial charge in [-0.3, -0.25) is 0 Å². The Kier molecular flexibility index (Phi) is 8.51. The van der Waals surface area contributed by atoms with Gasteiger partial charge >= 0.3 is 6.09 Å². The SMILES string of the molecule is CC(C)CC(O)C(O)CCC1CCCCC1NC(=O)OC(C)(C)C. The predicted octanol–water partition coefficient (Wildman–Crippen LogP) is 3.62. The monoisotopic (exact) mass is 343 g/mol. The maximum atomic E-state index is 12.0. The minimum absolute atomic E-state index is 0.100. The van der Waals surface area contributed by atoms with E-state index in [1.807, 2.05) is 34.6 Å². The van der Waals surface area contributed by atoms with Gasteiger partial charge in [0.05, 0.1) is 12.2 Å². The summed E-state index contributed by atoms with van der Waals surface area (Å²) in [7, 11) is 0. The molecule has 1 aliphatic rings. The summed E-state index contributed by atoms with van der Waals surface area (Å²) in [6.07, 6.45) is 4.56. The quantitative estimate of drug-likeness (QED) is 0.660. The Labute approximate surface area is 147 Å². The third kappa shape index (κ3) is 8.34. The maximum Gasteiger partial charge on any atom is 0.407 e. The molecule has 24 heavy (non-hydrogen) atoms. The van der Waals surface area contributed by atoms with Crippen LogP contribution in [-0.4, -0.2) is 40.2 Å². The largest absolute Gasteiger partial charge is 0.444 e. The standard InChI is InChI=1S/C19H37NO4/c1-13(2)12-17(22)16(21)11-10-14-8-6-7-9-15(14)20-18(23)24-19(3,4)5/h13-17,21-22H,6-12H2,1-5H3,(H,20,23). The number of rotatable bonds is 7. The van der Waals surface area contributed by atoms with Gasteiger partial charge in [0.25, 0.3) is 0 Å². The number of alkyl carbamates (subject to hydrolysis) is 1. The van der Waals surface area contributed by atoms with Gasteiger partial charge in [-0.25, -0.2) is 4.79 Å².